The van der Waals surface area contributed by atoms with Crippen LogP contribution in [0.4, 0.5) is 11.4 Å². The number of hydrogen-bond acceptors (Lipinski definition) is 3. The minimum Gasteiger partial charge on any atom is -0.399 e. The molecule has 0 aliphatic heterocycles. The highest BCUT2D eigenvalue weighted by Crippen LogP contribution is 2.28. The first-order valence-corrected chi connectivity index (χ1v) is 7.46. The molecule has 2 aromatic rings. The first kappa shape index (κ1) is 14.0. The molecular formula is C12H10Cl2N2O2S. The molecule has 0 aliphatic carbocycles. The molecule has 0 fully saturated rings. The Hall–Kier alpha value is -1.43. The summed E-state index contributed by atoms with van der Waals surface area (Å²) in [5.74, 6) is 0. The Balaban J connectivity index is 2.41. The van der Waals surface area contributed by atoms with E-state index in [0.717, 1.165) is 0 Å². The van der Waals surface area contributed by atoms with Gasteiger partial charge in [-0.2, -0.15) is 0 Å². The molecule has 100 valence electrons. The summed E-state index contributed by atoms with van der Waals surface area (Å²) in [6.45, 7) is 0. The highest BCUT2D eigenvalue weighted by atomic mass is 35.5. The van der Waals surface area contributed by atoms with Crippen LogP contribution in [-0.2, 0) is 10.0 Å². The lowest BCUT2D eigenvalue weighted by molar-refractivity contribution is 0.601. The number of hydrogen-bond donors (Lipinski definition) is 2. The fourth-order valence-electron chi connectivity index (χ4n) is 1.48. The smallest absolute Gasteiger partial charge is 0.263 e. The van der Waals surface area contributed by atoms with Crippen LogP contribution in [0.5, 0.6) is 0 Å². The number of nitrogens with two attached hydrogens (primary N) is 1. The zero-order valence-corrected chi connectivity index (χ0v) is 11.9. The summed E-state index contributed by atoms with van der Waals surface area (Å²) in [5.41, 5.74) is 6.21. The number of halogens is 2. The fraction of sp³-hybridized carbons (Fsp3) is 0. The SMILES string of the molecule is Nc1ccc(S(=O)(=O)Nc2ccccc2Cl)c(Cl)c1. The van der Waals surface area contributed by atoms with Crippen LogP contribution in [0.15, 0.2) is 47.4 Å². The maximum Gasteiger partial charge on any atom is 0.263 e. The molecule has 0 spiro atoms. The van der Waals surface area contributed by atoms with E-state index in [1.165, 1.54) is 18.2 Å². The first-order valence-electron chi connectivity index (χ1n) is 5.22. The number of rotatable bonds is 3. The van der Waals surface area contributed by atoms with Crippen LogP contribution in [0.25, 0.3) is 0 Å². The molecule has 4 nitrogen and oxygen atoms in total. The lowest BCUT2D eigenvalue weighted by Gasteiger charge is -2.10. The van der Waals surface area contributed by atoms with Gasteiger partial charge in [-0.05, 0) is 30.3 Å². The minimum absolute atomic E-state index is 0.0525. The topological polar surface area (TPSA) is 72.2 Å². The van der Waals surface area contributed by atoms with Crippen LogP contribution in [0, 0.1) is 0 Å². The van der Waals surface area contributed by atoms with E-state index in [0.29, 0.717) is 10.7 Å². The fourth-order valence-corrected chi connectivity index (χ4v) is 3.35. The Bertz CT molecular complexity index is 717. The van der Waals surface area contributed by atoms with E-state index in [-0.39, 0.29) is 15.6 Å². The number of anilines is 2. The van der Waals surface area contributed by atoms with Gasteiger partial charge in [-0.1, -0.05) is 35.3 Å². The van der Waals surface area contributed by atoms with E-state index in [2.05, 4.69) is 4.72 Å². The molecule has 0 unspecified atom stereocenters. The zero-order valence-electron chi connectivity index (χ0n) is 9.60. The normalized spacial score (nSPS) is 11.3. The molecule has 0 heterocycles. The van der Waals surface area contributed by atoms with Crippen molar-refractivity contribution in [2.75, 3.05) is 10.5 Å². The molecule has 0 amide bonds. The first-order chi connectivity index (χ1) is 8.90. The summed E-state index contributed by atoms with van der Waals surface area (Å²) in [4.78, 5) is -0.0525. The van der Waals surface area contributed by atoms with Gasteiger partial charge in [-0.3, -0.25) is 4.72 Å². The van der Waals surface area contributed by atoms with Crippen LogP contribution in [0.2, 0.25) is 10.0 Å². The minimum atomic E-state index is -3.81. The van der Waals surface area contributed by atoms with Gasteiger partial charge in [0, 0.05) is 5.69 Å². The van der Waals surface area contributed by atoms with Crippen molar-refractivity contribution in [3.05, 3.63) is 52.5 Å². The summed E-state index contributed by atoms with van der Waals surface area (Å²) in [6, 6.07) is 10.7. The third-order valence-corrected chi connectivity index (χ3v) is 4.54. The van der Waals surface area contributed by atoms with Gasteiger partial charge in [-0.15, -0.1) is 0 Å². The maximum absolute atomic E-state index is 12.2. The van der Waals surface area contributed by atoms with Crippen molar-refractivity contribution in [2.24, 2.45) is 0 Å². The molecule has 0 saturated heterocycles. The van der Waals surface area contributed by atoms with E-state index < -0.39 is 10.0 Å². The lowest BCUT2D eigenvalue weighted by atomic mass is 10.3. The van der Waals surface area contributed by atoms with Gasteiger partial charge in [0.1, 0.15) is 4.90 Å². The van der Waals surface area contributed by atoms with Crippen molar-refractivity contribution in [1.29, 1.82) is 0 Å². The van der Waals surface area contributed by atoms with Gasteiger partial charge in [0.05, 0.1) is 15.7 Å². The number of nitrogens with one attached hydrogen (secondary N) is 1. The molecule has 7 heteroatoms. The Morgan fingerprint density at radius 1 is 1.00 bits per heavy atom. The second-order valence-corrected chi connectivity index (χ2v) is 6.24. The average molecular weight is 317 g/mol. The predicted octanol–water partition coefficient (Wildman–Crippen LogP) is 3.38. The summed E-state index contributed by atoms with van der Waals surface area (Å²) < 4.78 is 26.8. The molecule has 0 aliphatic rings. The maximum atomic E-state index is 12.2. The summed E-state index contributed by atoms with van der Waals surface area (Å²) in [6.07, 6.45) is 0. The van der Waals surface area contributed by atoms with E-state index in [1.807, 2.05) is 0 Å². The number of nitrogen functional groups attached to an aromatic ring is 1. The van der Waals surface area contributed by atoms with Crippen molar-refractivity contribution >= 4 is 44.6 Å². The highest BCUT2D eigenvalue weighted by molar-refractivity contribution is 7.92. The van der Waals surface area contributed by atoms with Crippen molar-refractivity contribution < 1.29 is 8.42 Å². The van der Waals surface area contributed by atoms with Gasteiger partial charge in [0.2, 0.25) is 0 Å². The van der Waals surface area contributed by atoms with Crippen molar-refractivity contribution in [1.82, 2.24) is 0 Å². The standard InChI is InChI=1S/C12H10Cl2N2O2S/c13-9-3-1-2-4-11(9)16-19(17,18)12-6-5-8(15)7-10(12)14/h1-7,16H,15H2. The van der Waals surface area contributed by atoms with Crippen molar-refractivity contribution in [3.63, 3.8) is 0 Å². The van der Waals surface area contributed by atoms with Crippen molar-refractivity contribution in [3.8, 4) is 0 Å². The monoisotopic (exact) mass is 316 g/mol. The quantitative estimate of drug-likeness (QED) is 0.853. The second kappa shape index (κ2) is 5.28. The molecule has 0 atom stereocenters. The zero-order chi connectivity index (χ0) is 14.0. The van der Waals surface area contributed by atoms with E-state index in [1.54, 1.807) is 24.3 Å². The average Bonchev–Trinajstić information content (AvgIpc) is 2.31. The Morgan fingerprint density at radius 3 is 2.32 bits per heavy atom. The van der Waals surface area contributed by atoms with E-state index in [4.69, 9.17) is 28.9 Å². The molecule has 3 N–H and O–H groups in total. The molecule has 0 radical (unpaired) electrons. The van der Waals surface area contributed by atoms with E-state index >= 15 is 0 Å². The molecule has 2 rings (SSSR count). The Morgan fingerprint density at radius 2 is 1.68 bits per heavy atom. The van der Waals surface area contributed by atoms with Crippen LogP contribution >= 0.6 is 23.2 Å². The largest absolute Gasteiger partial charge is 0.399 e. The van der Waals surface area contributed by atoms with Crippen LogP contribution in [0.3, 0.4) is 0 Å². The summed E-state index contributed by atoms with van der Waals surface area (Å²) in [5, 5.41) is 0.359. The third kappa shape index (κ3) is 3.12. The predicted molar refractivity (Wildman–Crippen MR) is 78.1 cm³/mol. The van der Waals surface area contributed by atoms with Crippen molar-refractivity contribution in [2.45, 2.75) is 4.90 Å². The highest BCUT2D eigenvalue weighted by Gasteiger charge is 2.19. The Labute approximate surface area is 121 Å². The Kier molecular flexibility index (Phi) is 3.89. The van der Waals surface area contributed by atoms with Gasteiger partial charge in [0.15, 0.2) is 0 Å². The summed E-state index contributed by atoms with van der Waals surface area (Å²) >= 11 is 11.8. The van der Waals surface area contributed by atoms with Crippen LogP contribution < -0.4 is 10.5 Å². The molecule has 19 heavy (non-hydrogen) atoms. The number of para-hydroxylation sites is 1. The van der Waals surface area contributed by atoms with Crippen LogP contribution in [-0.4, -0.2) is 8.42 Å². The van der Waals surface area contributed by atoms with E-state index in [9.17, 15) is 8.42 Å². The third-order valence-electron chi connectivity index (χ3n) is 2.36. The van der Waals surface area contributed by atoms with Gasteiger partial charge in [0.25, 0.3) is 10.0 Å². The molecule has 0 saturated carbocycles. The van der Waals surface area contributed by atoms with Gasteiger partial charge in [-0.25, -0.2) is 8.42 Å². The van der Waals surface area contributed by atoms with Gasteiger partial charge < -0.3 is 5.73 Å². The summed E-state index contributed by atoms with van der Waals surface area (Å²) in [7, 11) is -3.81. The molecular weight excluding hydrogens is 307 g/mol. The lowest BCUT2D eigenvalue weighted by Crippen LogP contribution is -2.13. The number of sulfonamides is 1. The molecule has 0 bridgehead atoms. The van der Waals surface area contributed by atoms with Crippen LogP contribution in [0.1, 0.15) is 0 Å². The number of benzene rings is 2. The molecule has 0 aromatic heterocycles. The van der Waals surface area contributed by atoms with Gasteiger partial charge >= 0.3 is 0 Å². The second-order valence-electron chi connectivity index (χ2n) is 3.78. The molecule has 2 aromatic carbocycles.